The van der Waals surface area contributed by atoms with Crippen LogP contribution < -0.4 is 0 Å². The Hall–Kier alpha value is -2.14. The van der Waals surface area contributed by atoms with Crippen molar-refractivity contribution in [3.8, 4) is 11.3 Å². The molecule has 0 aliphatic rings. The molecule has 0 atom stereocenters. The van der Waals surface area contributed by atoms with Crippen LogP contribution in [-0.2, 0) is 11.3 Å². The molecule has 2 rings (SSSR count). The van der Waals surface area contributed by atoms with Gasteiger partial charge in [-0.3, -0.25) is 4.68 Å². The largest absolute Gasteiger partial charge is 0.477 e. The number of hydrogen-bond donors (Lipinski definition) is 1. The van der Waals surface area contributed by atoms with E-state index in [1.807, 2.05) is 30.3 Å². The number of hydrogen-bond acceptors (Lipinski definition) is 3. The number of carboxylic acids is 1. The SMILES string of the molecule is COCCn1nc(-c2ccccc2)cc1C(=O)O. The molecule has 1 aromatic heterocycles. The average molecular weight is 246 g/mol. The van der Waals surface area contributed by atoms with E-state index in [4.69, 9.17) is 9.84 Å². The maximum Gasteiger partial charge on any atom is 0.354 e. The second-order valence-electron chi connectivity index (χ2n) is 3.80. The molecule has 1 N–H and O–H groups in total. The number of ether oxygens (including phenoxy) is 1. The minimum Gasteiger partial charge on any atom is -0.477 e. The van der Waals surface area contributed by atoms with E-state index in [-0.39, 0.29) is 5.69 Å². The lowest BCUT2D eigenvalue weighted by molar-refractivity contribution is 0.0680. The Morgan fingerprint density at radius 3 is 2.72 bits per heavy atom. The minimum absolute atomic E-state index is 0.172. The third-order valence-corrected chi connectivity index (χ3v) is 2.58. The lowest BCUT2D eigenvalue weighted by Gasteiger charge is -2.02. The van der Waals surface area contributed by atoms with Gasteiger partial charge < -0.3 is 9.84 Å². The average Bonchev–Trinajstić information content (AvgIpc) is 2.81. The van der Waals surface area contributed by atoms with Crippen LogP contribution in [0.2, 0.25) is 0 Å². The van der Waals surface area contributed by atoms with Crippen molar-refractivity contribution in [3.63, 3.8) is 0 Å². The molecule has 94 valence electrons. The van der Waals surface area contributed by atoms with Crippen LogP contribution in [0.25, 0.3) is 11.3 Å². The highest BCUT2D eigenvalue weighted by atomic mass is 16.5. The van der Waals surface area contributed by atoms with Gasteiger partial charge in [0, 0.05) is 12.7 Å². The second kappa shape index (κ2) is 5.46. The molecule has 0 radical (unpaired) electrons. The van der Waals surface area contributed by atoms with Crippen molar-refractivity contribution in [2.75, 3.05) is 13.7 Å². The van der Waals surface area contributed by atoms with Gasteiger partial charge in [0.25, 0.3) is 0 Å². The molecule has 0 aliphatic carbocycles. The molecule has 5 heteroatoms. The Labute approximate surface area is 105 Å². The fourth-order valence-electron chi connectivity index (χ4n) is 1.69. The van der Waals surface area contributed by atoms with Crippen molar-refractivity contribution in [2.45, 2.75) is 6.54 Å². The Morgan fingerprint density at radius 2 is 2.11 bits per heavy atom. The third-order valence-electron chi connectivity index (χ3n) is 2.58. The molecule has 0 fully saturated rings. The maximum absolute atomic E-state index is 11.1. The molecule has 1 heterocycles. The summed E-state index contributed by atoms with van der Waals surface area (Å²) in [7, 11) is 1.57. The zero-order valence-electron chi connectivity index (χ0n) is 10.0. The Bertz CT molecular complexity index is 534. The number of nitrogens with zero attached hydrogens (tertiary/aromatic N) is 2. The number of carboxylic acid groups (broad SMARTS) is 1. The van der Waals surface area contributed by atoms with Crippen LogP contribution in [0.15, 0.2) is 36.4 Å². The van der Waals surface area contributed by atoms with E-state index in [2.05, 4.69) is 5.10 Å². The Balaban J connectivity index is 2.36. The van der Waals surface area contributed by atoms with Crippen molar-refractivity contribution in [1.82, 2.24) is 9.78 Å². The van der Waals surface area contributed by atoms with Crippen molar-refractivity contribution >= 4 is 5.97 Å². The molecule has 0 bridgehead atoms. The highest BCUT2D eigenvalue weighted by Crippen LogP contribution is 2.18. The first-order valence-corrected chi connectivity index (χ1v) is 5.58. The maximum atomic E-state index is 11.1. The van der Waals surface area contributed by atoms with E-state index in [1.165, 1.54) is 4.68 Å². The number of rotatable bonds is 5. The summed E-state index contributed by atoms with van der Waals surface area (Å²) < 4.78 is 6.39. The third kappa shape index (κ3) is 2.57. The van der Waals surface area contributed by atoms with Crippen molar-refractivity contribution < 1.29 is 14.6 Å². The Kier molecular flexibility index (Phi) is 3.74. The van der Waals surface area contributed by atoms with Crippen LogP contribution in [0.3, 0.4) is 0 Å². The van der Waals surface area contributed by atoms with Gasteiger partial charge >= 0.3 is 5.97 Å². The summed E-state index contributed by atoms with van der Waals surface area (Å²) in [4.78, 5) is 11.1. The lowest BCUT2D eigenvalue weighted by atomic mass is 10.1. The lowest BCUT2D eigenvalue weighted by Crippen LogP contribution is -2.13. The van der Waals surface area contributed by atoms with Gasteiger partial charge in [-0.1, -0.05) is 30.3 Å². The number of methoxy groups -OCH3 is 1. The van der Waals surface area contributed by atoms with Crippen LogP contribution >= 0.6 is 0 Å². The number of aromatic nitrogens is 2. The van der Waals surface area contributed by atoms with Gasteiger partial charge in [-0.25, -0.2) is 4.79 Å². The van der Waals surface area contributed by atoms with Crippen molar-refractivity contribution in [1.29, 1.82) is 0 Å². The van der Waals surface area contributed by atoms with Gasteiger partial charge in [0.15, 0.2) is 0 Å². The highest BCUT2D eigenvalue weighted by molar-refractivity contribution is 5.87. The van der Waals surface area contributed by atoms with E-state index in [0.717, 1.165) is 5.56 Å². The quantitative estimate of drug-likeness (QED) is 0.875. The summed E-state index contributed by atoms with van der Waals surface area (Å²) >= 11 is 0. The molecular weight excluding hydrogens is 232 g/mol. The van der Waals surface area contributed by atoms with E-state index < -0.39 is 5.97 Å². The summed E-state index contributed by atoms with van der Waals surface area (Å²) in [5.41, 5.74) is 1.73. The summed E-state index contributed by atoms with van der Waals surface area (Å²) in [5, 5.41) is 13.4. The molecule has 0 unspecified atom stereocenters. The van der Waals surface area contributed by atoms with E-state index >= 15 is 0 Å². The van der Waals surface area contributed by atoms with E-state index in [1.54, 1.807) is 13.2 Å². The van der Waals surface area contributed by atoms with Crippen LogP contribution in [0.1, 0.15) is 10.5 Å². The van der Waals surface area contributed by atoms with Crippen LogP contribution in [0, 0.1) is 0 Å². The van der Waals surface area contributed by atoms with Gasteiger partial charge in [0.1, 0.15) is 5.69 Å². The first kappa shape index (κ1) is 12.3. The molecule has 1 aromatic carbocycles. The monoisotopic (exact) mass is 246 g/mol. The molecule has 0 spiro atoms. The van der Waals surface area contributed by atoms with Gasteiger partial charge in [0.2, 0.25) is 0 Å². The van der Waals surface area contributed by atoms with Gasteiger partial charge in [0.05, 0.1) is 18.8 Å². The standard InChI is InChI=1S/C13H14N2O3/c1-18-8-7-15-12(13(16)17)9-11(14-15)10-5-3-2-4-6-10/h2-6,9H,7-8H2,1H3,(H,16,17). The molecular formula is C13H14N2O3. The Morgan fingerprint density at radius 1 is 1.39 bits per heavy atom. The van der Waals surface area contributed by atoms with Crippen molar-refractivity contribution in [3.05, 3.63) is 42.1 Å². The van der Waals surface area contributed by atoms with Crippen LogP contribution in [0.4, 0.5) is 0 Å². The highest BCUT2D eigenvalue weighted by Gasteiger charge is 2.14. The smallest absolute Gasteiger partial charge is 0.354 e. The molecule has 0 saturated carbocycles. The second-order valence-corrected chi connectivity index (χ2v) is 3.80. The molecule has 0 amide bonds. The minimum atomic E-state index is -0.985. The fraction of sp³-hybridized carbons (Fsp3) is 0.231. The molecule has 18 heavy (non-hydrogen) atoms. The summed E-state index contributed by atoms with van der Waals surface area (Å²) in [6.07, 6.45) is 0. The predicted octanol–water partition coefficient (Wildman–Crippen LogP) is 1.89. The number of aromatic carboxylic acids is 1. The topological polar surface area (TPSA) is 64.4 Å². The molecule has 5 nitrogen and oxygen atoms in total. The summed E-state index contributed by atoms with van der Waals surface area (Å²) in [6.45, 7) is 0.848. The van der Waals surface area contributed by atoms with Crippen molar-refractivity contribution in [2.24, 2.45) is 0 Å². The van der Waals surface area contributed by atoms with E-state index in [9.17, 15) is 4.79 Å². The van der Waals surface area contributed by atoms with Crippen LogP contribution in [-0.4, -0.2) is 34.6 Å². The van der Waals surface area contributed by atoms with Gasteiger partial charge in [-0.2, -0.15) is 5.10 Å². The summed E-state index contributed by atoms with van der Waals surface area (Å²) in [5.74, 6) is -0.985. The van der Waals surface area contributed by atoms with E-state index in [0.29, 0.717) is 18.8 Å². The first-order valence-electron chi connectivity index (χ1n) is 5.58. The zero-order chi connectivity index (χ0) is 13.0. The molecule has 2 aromatic rings. The predicted molar refractivity (Wildman–Crippen MR) is 66.5 cm³/mol. The fourth-order valence-corrected chi connectivity index (χ4v) is 1.69. The molecule has 0 aliphatic heterocycles. The van der Waals surface area contributed by atoms with Gasteiger partial charge in [-0.15, -0.1) is 0 Å². The zero-order valence-corrected chi connectivity index (χ0v) is 10.0. The summed E-state index contributed by atoms with van der Waals surface area (Å²) in [6, 6.07) is 11.1. The first-order chi connectivity index (χ1) is 8.72. The van der Waals surface area contributed by atoms with Crippen LogP contribution in [0.5, 0.6) is 0 Å². The number of carbonyl (C=O) groups is 1. The number of benzene rings is 1. The van der Waals surface area contributed by atoms with Gasteiger partial charge in [-0.05, 0) is 6.07 Å². The molecule has 0 saturated heterocycles. The normalized spacial score (nSPS) is 10.5.